The number of nitrogens with one attached hydrogen (secondary N) is 1. The molecule has 1 N–H and O–H groups in total. The van der Waals surface area contributed by atoms with Crippen LogP contribution in [0.1, 0.15) is 53.9 Å². The first-order valence-electron chi connectivity index (χ1n) is 8.10. The Morgan fingerprint density at radius 2 is 1.95 bits per heavy atom. The third-order valence-electron chi connectivity index (χ3n) is 4.88. The second-order valence-corrected chi connectivity index (χ2v) is 6.78. The van der Waals surface area contributed by atoms with Crippen LogP contribution in [0.25, 0.3) is 0 Å². The van der Waals surface area contributed by atoms with Gasteiger partial charge in [0.25, 0.3) is 0 Å². The number of rotatable bonds is 5. The van der Waals surface area contributed by atoms with Crippen LogP contribution in [0.2, 0.25) is 0 Å². The van der Waals surface area contributed by atoms with E-state index in [-0.39, 0.29) is 35.9 Å². The second-order valence-electron chi connectivity index (χ2n) is 6.78. The topological polar surface area (TPSA) is 58.6 Å². The summed E-state index contributed by atoms with van der Waals surface area (Å²) in [6.07, 6.45) is 2.53. The monoisotopic (exact) mass is 296 g/mol. The number of hydrogen-bond donors (Lipinski definition) is 1. The lowest BCUT2D eigenvalue weighted by Gasteiger charge is -2.52. The summed E-state index contributed by atoms with van der Waals surface area (Å²) in [7, 11) is 0. The van der Waals surface area contributed by atoms with Gasteiger partial charge in [-0.3, -0.25) is 9.59 Å². The van der Waals surface area contributed by atoms with Crippen LogP contribution in [0.4, 0.5) is 0 Å². The Morgan fingerprint density at radius 3 is 2.43 bits per heavy atom. The third-order valence-corrected chi connectivity index (χ3v) is 4.88. The summed E-state index contributed by atoms with van der Waals surface area (Å²) in [6, 6.07) is -0.219. The van der Waals surface area contributed by atoms with Crippen molar-refractivity contribution in [2.75, 3.05) is 6.61 Å². The van der Waals surface area contributed by atoms with Crippen LogP contribution in [-0.2, 0) is 14.3 Å². The minimum atomic E-state index is -0.765. The largest absolute Gasteiger partial charge is 0.378 e. The van der Waals surface area contributed by atoms with E-state index in [2.05, 4.69) is 5.32 Å². The molecule has 0 aromatic rings. The number of amides is 2. The molecular weight excluding hydrogens is 268 g/mol. The summed E-state index contributed by atoms with van der Waals surface area (Å²) in [5.41, 5.74) is -0.765. The molecule has 2 atom stereocenters. The number of carbonyl (C=O) groups is 2. The van der Waals surface area contributed by atoms with Gasteiger partial charge in [-0.25, -0.2) is 0 Å². The van der Waals surface area contributed by atoms with Gasteiger partial charge in [0, 0.05) is 12.6 Å². The zero-order valence-corrected chi connectivity index (χ0v) is 13.8. The van der Waals surface area contributed by atoms with E-state index < -0.39 is 5.54 Å². The van der Waals surface area contributed by atoms with E-state index in [1.807, 2.05) is 39.5 Å². The van der Waals surface area contributed by atoms with Gasteiger partial charge in [0.1, 0.15) is 11.6 Å². The number of carbonyl (C=O) groups excluding carboxylic acids is 2. The molecule has 1 aliphatic carbocycles. The van der Waals surface area contributed by atoms with Crippen LogP contribution in [0.5, 0.6) is 0 Å². The normalized spacial score (nSPS) is 36.7. The summed E-state index contributed by atoms with van der Waals surface area (Å²) >= 11 is 0. The van der Waals surface area contributed by atoms with E-state index in [1.54, 1.807) is 0 Å². The average Bonchev–Trinajstić information content (AvgIpc) is 2.37. The van der Waals surface area contributed by atoms with Crippen LogP contribution < -0.4 is 5.32 Å². The Labute approximate surface area is 127 Å². The van der Waals surface area contributed by atoms with Crippen molar-refractivity contribution in [2.45, 2.75) is 77.6 Å². The molecular formula is C16H28N2O3. The SMILES string of the molecule is CCOC1CC(N2C(=O)C(C)(CC)NC(=O)C2C(C)C)C1. The number of ether oxygens (including phenoxy) is 1. The van der Waals surface area contributed by atoms with Crippen LogP contribution >= 0.6 is 0 Å². The van der Waals surface area contributed by atoms with Gasteiger partial charge in [0.2, 0.25) is 11.8 Å². The van der Waals surface area contributed by atoms with Crippen molar-refractivity contribution in [3.05, 3.63) is 0 Å². The summed E-state index contributed by atoms with van der Waals surface area (Å²) in [4.78, 5) is 27.2. The van der Waals surface area contributed by atoms with E-state index >= 15 is 0 Å². The van der Waals surface area contributed by atoms with E-state index in [0.717, 1.165) is 12.8 Å². The maximum atomic E-state index is 12.9. The van der Waals surface area contributed by atoms with Crippen molar-refractivity contribution >= 4 is 11.8 Å². The van der Waals surface area contributed by atoms with Gasteiger partial charge in [0.15, 0.2) is 0 Å². The first kappa shape index (κ1) is 16.3. The fraction of sp³-hybridized carbons (Fsp3) is 0.875. The highest BCUT2D eigenvalue weighted by Gasteiger charge is 2.52. The lowest BCUT2D eigenvalue weighted by atomic mass is 9.81. The van der Waals surface area contributed by atoms with Crippen molar-refractivity contribution in [3.63, 3.8) is 0 Å². The minimum Gasteiger partial charge on any atom is -0.378 e. The van der Waals surface area contributed by atoms with E-state index in [9.17, 15) is 9.59 Å². The molecule has 2 fully saturated rings. The molecule has 2 unspecified atom stereocenters. The molecule has 5 heteroatoms. The zero-order chi connectivity index (χ0) is 15.8. The molecule has 5 nitrogen and oxygen atoms in total. The highest BCUT2D eigenvalue weighted by Crippen LogP contribution is 2.35. The van der Waals surface area contributed by atoms with Crippen molar-refractivity contribution in [1.82, 2.24) is 10.2 Å². The summed E-state index contributed by atoms with van der Waals surface area (Å²) < 4.78 is 5.60. The van der Waals surface area contributed by atoms with Crippen LogP contribution in [0.15, 0.2) is 0 Å². The Morgan fingerprint density at radius 1 is 1.33 bits per heavy atom. The van der Waals surface area contributed by atoms with Gasteiger partial charge in [-0.05, 0) is 39.0 Å². The van der Waals surface area contributed by atoms with E-state index in [4.69, 9.17) is 4.74 Å². The number of hydrogen-bond acceptors (Lipinski definition) is 3. The fourth-order valence-corrected chi connectivity index (χ4v) is 3.33. The Kier molecular flexibility index (Phi) is 4.61. The molecule has 120 valence electrons. The van der Waals surface area contributed by atoms with Gasteiger partial charge < -0.3 is 15.0 Å². The fourth-order valence-electron chi connectivity index (χ4n) is 3.33. The molecule has 1 saturated heterocycles. The molecule has 1 saturated carbocycles. The van der Waals surface area contributed by atoms with Gasteiger partial charge >= 0.3 is 0 Å². The van der Waals surface area contributed by atoms with Crippen molar-refractivity contribution < 1.29 is 14.3 Å². The predicted octanol–water partition coefficient (Wildman–Crippen LogP) is 1.71. The van der Waals surface area contributed by atoms with Crippen molar-refractivity contribution in [2.24, 2.45) is 5.92 Å². The molecule has 0 radical (unpaired) electrons. The molecule has 1 aliphatic heterocycles. The zero-order valence-electron chi connectivity index (χ0n) is 13.8. The highest BCUT2D eigenvalue weighted by atomic mass is 16.5. The summed E-state index contributed by atoms with van der Waals surface area (Å²) in [5, 5.41) is 2.93. The number of piperazine rings is 1. The van der Waals surface area contributed by atoms with Crippen LogP contribution in [0.3, 0.4) is 0 Å². The molecule has 21 heavy (non-hydrogen) atoms. The lowest BCUT2D eigenvalue weighted by Crippen LogP contribution is -2.73. The standard InChI is InChI=1S/C16H28N2O3/c1-6-16(5)15(20)18(11-8-12(9-11)21-7-2)13(10(3)4)14(19)17-16/h10-13H,6-9H2,1-5H3,(H,17,19). The highest BCUT2D eigenvalue weighted by molar-refractivity contribution is 5.99. The maximum absolute atomic E-state index is 12.9. The molecule has 1 heterocycles. The average molecular weight is 296 g/mol. The molecule has 0 aromatic heterocycles. The first-order valence-corrected chi connectivity index (χ1v) is 8.10. The molecule has 2 rings (SSSR count). The Balaban J connectivity index is 2.20. The maximum Gasteiger partial charge on any atom is 0.248 e. The summed E-state index contributed by atoms with van der Waals surface area (Å²) in [6.45, 7) is 10.4. The smallest absolute Gasteiger partial charge is 0.248 e. The minimum absolute atomic E-state index is 0.0196. The molecule has 0 bridgehead atoms. The van der Waals surface area contributed by atoms with Crippen LogP contribution in [0, 0.1) is 5.92 Å². The predicted molar refractivity (Wildman–Crippen MR) is 80.7 cm³/mol. The van der Waals surface area contributed by atoms with Crippen molar-refractivity contribution in [1.29, 1.82) is 0 Å². The summed E-state index contributed by atoms with van der Waals surface area (Å²) in [5.74, 6) is 0.151. The van der Waals surface area contributed by atoms with Gasteiger partial charge in [-0.1, -0.05) is 20.8 Å². The molecule has 0 spiro atoms. The van der Waals surface area contributed by atoms with E-state index in [0.29, 0.717) is 13.0 Å². The van der Waals surface area contributed by atoms with Gasteiger partial charge in [-0.2, -0.15) is 0 Å². The number of nitrogens with zero attached hydrogens (tertiary/aromatic N) is 1. The molecule has 0 aromatic carbocycles. The molecule has 2 amide bonds. The van der Waals surface area contributed by atoms with Gasteiger partial charge in [-0.15, -0.1) is 0 Å². The van der Waals surface area contributed by atoms with Gasteiger partial charge in [0.05, 0.1) is 6.10 Å². The third kappa shape index (κ3) is 2.80. The van der Waals surface area contributed by atoms with E-state index in [1.165, 1.54) is 0 Å². The Bertz CT molecular complexity index is 418. The first-order chi connectivity index (χ1) is 9.84. The quantitative estimate of drug-likeness (QED) is 0.840. The lowest BCUT2D eigenvalue weighted by molar-refractivity contribution is -0.166. The Hall–Kier alpha value is -1.10. The van der Waals surface area contributed by atoms with Crippen molar-refractivity contribution in [3.8, 4) is 0 Å². The molecule has 2 aliphatic rings. The second kappa shape index (κ2) is 5.95. The van der Waals surface area contributed by atoms with Crippen LogP contribution in [-0.4, -0.2) is 47.0 Å².